The molecular formula is C14H12Br2ClNO. The Morgan fingerprint density at radius 1 is 1.11 bits per heavy atom. The summed E-state index contributed by atoms with van der Waals surface area (Å²) in [5, 5.41) is 4.11. The molecule has 2 rings (SSSR count). The Balaban J connectivity index is 2.13. The summed E-state index contributed by atoms with van der Waals surface area (Å²) in [6, 6.07) is 11.7. The van der Waals surface area contributed by atoms with Crippen molar-refractivity contribution >= 4 is 49.1 Å². The molecule has 0 aliphatic rings. The monoisotopic (exact) mass is 403 g/mol. The van der Waals surface area contributed by atoms with Crippen molar-refractivity contribution in [1.29, 1.82) is 0 Å². The van der Waals surface area contributed by atoms with E-state index in [1.807, 2.05) is 36.4 Å². The number of hydrogen-bond donors (Lipinski definition) is 1. The molecule has 1 N–H and O–H groups in total. The lowest BCUT2D eigenvalue weighted by Gasteiger charge is -2.12. The molecule has 5 heteroatoms. The van der Waals surface area contributed by atoms with Crippen LogP contribution in [0.15, 0.2) is 45.3 Å². The number of hydrogen-bond acceptors (Lipinski definition) is 2. The minimum Gasteiger partial charge on any atom is -0.495 e. The zero-order valence-corrected chi connectivity index (χ0v) is 14.1. The lowest BCUT2D eigenvalue weighted by atomic mass is 10.2. The maximum absolute atomic E-state index is 5.86. The minimum atomic E-state index is 0.723. The molecule has 0 spiro atoms. The first-order valence-corrected chi connectivity index (χ1v) is 7.58. The average molecular weight is 406 g/mol. The van der Waals surface area contributed by atoms with Gasteiger partial charge in [-0.3, -0.25) is 0 Å². The van der Waals surface area contributed by atoms with Gasteiger partial charge in [-0.05, 0) is 55.6 Å². The van der Waals surface area contributed by atoms with E-state index in [-0.39, 0.29) is 0 Å². The number of nitrogens with one attached hydrogen (secondary N) is 1. The average Bonchev–Trinajstić information content (AvgIpc) is 2.40. The molecule has 19 heavy (non-hydrogen) atoms. The van der Waals surface area contributed by atoms with Crippen molar-refractivity contribution in [3.05, 3.63) is 55.9 Å². The standard InChI is InChI=1S/C14H12Br2ClNO/c1-19-14-7-13(11(15)6-12(14)16)18-8-9-2-4-10(17)5-3-9/h2-7,18H,8H2,1H3. The van der Waals surface area contributed by atoms with Crippen molar-refractivity contribution in [3.63, 3.8) is 0 Å². The van der Waals surface area contributed by atoms with Gasteiger partial charge in [-0.1, -0.05) is 23.7 Å². The van der Waals surface area contributed by atoms with E-state index in [9.17, 15) is 0 Å². The smallest absolute Gasteiger partial charge is 0.135 e. The molecule has 0 amide bonds. The van der Waals surface area contributed by atoms with E-state index >= 15 is 0 Å². The lowest BCUT2D eigenvalue weighted by molar-refractivity contribution is 0.412. The van der Waals surface area contributed by atoms with E-state index in [2.05, 4.69) is 37.2 Å². The lowest BCUT2D eigenvalue weighted by Crippen LogP contribution is -2.00. The Morgan fingerprint density at radius 2 is 1.79 bits per heavy atom. The van der Waals surface area contributed by atoms with Crippen LogP contribution in [0.4, 0.5) is 5.69 Å². The van der Waals surface area contributed by atoms with E-state index in [1.165, 1.54) is 0 Å². The zero-order chi connectivity index (χ0) is 13.8. The molecule has 0 saturated heterocycles. The summed E-state index contributed by atoms with van der Waals surface area (Å²) in [4.78, 5) is 0. The molecule has 0 bridgehead atoms. The van der Waals surface area contributed by atoms with Crippen molar-refractivity contribution in [3.8, 4) is 5.75 Å². The van der Waals surface area contributed by atoms with E-state index < -0.39 is 0 Å². The number of halogens is 3. The first kappa shape index (κ1) is 14.7. The van der Waals surface area contributed by atoms with Gasteiger partial charge in [-0.25, -0.2) is 0 Å². The number of rotatable bonds is 4. The molecule has 0 aliphatic heterocycles. The summed E-state index contributed by atoms with van der Waals surface area (Å²) in [5.41, 5.74) is 2.15. The maximum Gasteiger partial charge on any atom is 0.135 e. The molecule has 2 aromatic carbocycles. The first-order chi connectivity index (χ1) is 9.10. The SMILES string of the molecule is COc1cc(NCc2ccc(Cl)cc2)c(Br)cc1Br. The number of benzene rings is 2. The highest BCUT2D eigenvalue weighted by Crippen LogP contribution is 2.34. The molecule has 0 fully saturated rings. The minimum absolute atomic E-state index is 0.723. The van der Waals surface area contributed by atoms with Crippen LogP contribution < -0.4 is 10.1 Å². The van der Waals surface area contributed by atoms with Gasteiger partial charge in [-0.15, -0.1) is 0 Å². The van der Waals surface area contributed by atoms with Gasteiger partial charge in [0.15, 0.2) is 0 Å². The predicted molar refractivity (Wildman–Crippen MR) is 87.2 cm³/mol. The normalized spacial score (nSPS) is 10.3. The fraction of sp³-hybridized carbons (Fsp3) is 0.143. The molecule has 0 saturated carbocycles. The van der Waals surface area contributed by atoms with Crippen LogP contribution in [0.25, 0.3) is 0 Å². The van der Waals surface area contributed by atoms with Crippen LogP contribution in [0.5, 0.6) is 5.75 Å². The van der Waals surface area contributed by atoms with Crippen LogP contribution in [-0.4, -0.2) is 7.11 Å². The summed E-state index contributed by atoms with van der Waals surface area (Å²) in [6.45, 7) is 0.723. The van der Waals surface area contributed by atoms with Crippen LogP contribution in [-0.2, 0) is 6.54 Å². The molecule has 0 unspecified atom stereocenters. The Hall–Kier alpha value is -0.710. The molecule has 100 valence electrons. The highest BCUT2D eigenvalue weighted by molar-refractivity contribution is 9.11. The quantitative estimate of drug-likeness (QED) is 0.727. The van der Waals surface area contributed by atoms with Crippen LogP contribution >= 0.6 is 43.5 Å². The molecule has 2 aromatic rings. The third-order valence-corrected chi connectivity index (χ3v) is 4.17. The van der Waals surface area contributed by atoms with E-state index in [4.69, 9.17) is 16.3 Å². The van der Waals surface area contributed by atoms with E-state index in [1.54, 1.807) is 7.11 Å². The molecule has 0 aliphatic carbocycles. The summed E-state index contributed by atoms with van der Waals surface area (Å²) in [6.07, 6.45) is 0. The molecule has 0 heterocycles. The summed E-state index contributed by atoms with van der Waals surface area (Å²) in [5.74, 6) is 0.793. The highest BCUT2D eigenvalue weighted by Gasteiger charge is 2.06. The zero-order valence-electron chi connectivity index (χ0n) is 10.2. The summed E-state index contributed by atoms with van der Waals surface area (Å²) >= 11 is 12.8. The van der Waals surface area contributed by atoms with Gasteiger partial charge in [0.2, 0.25) is 0 Å². The molecule has 0 radical (unpaired) electrons. The van der Waals surface area contributed by atoms with Gasteiger partial charge < -0.3 is 10.1 Å². The van der Waals surface area contributed by atoms with Crippen molar-refractivity contribution in [2.45, 2.75) is 6.54 Å². The van der Waals surface area contributed by atoms with Gasteiger partial charge in [-0.2, -0.15) is 0 Å². The second-order valence-corrected chi connectivity index (χ2v) is 6.09. The third-order valence-electron chi connectivity index (χ3n) is 2.64. The van der Waals surface area contributed by atoms with E-state index in [0.717, 1.165) is 37.5 Å². The third kappa shape index (κ3) is 3.88. The van der Waals surface area contributed by atoms with Gasteiger partial charge in [0, 0.05) is 22.1 Å². The van der Waals surface area contributed by atoms with Crippen molar-refractivity contribution in [2.24, 2.45) is 0 Å². The topological polar surface area (TPSA) is 21.3 Å². The van der Waals surface area contributed by atoms with Crippen molar-refractivity contribution in [1.82, 2.24) is 0 Å². The van der Waals surface area contributed by atoms with Crippen LogP contribution in [0.3, 0.4) is 0 Å². The van der Waals surface area contributed by atoms with Crippen LogP contribution in [0.1, 0.15) is 5.56 Å². The largest absolute Gasteiger partial charge is 0.495 e. The van der Waals surface area contributed by atoms with Gasteiger partial charge in [0.25, 0.3) is 0 Å². The van der Waals surface area contributed by atoms with Gasteiger partial charge in [0.05, 0.1) is 17.3 Å². The maximum atomic E-state index is 5.86. The molecule has 0 atom stereocenters. The number of anilines is 1. The fourth-order valence-electron chi connectivity index (χ4n) is 1.62. The fourth-order valence-corrected chi connectivity index (χ4v) is 3.04. The van der Waals surface area contributed by atoms with Crippen molar-refractivity contribution < 1.29 is 4.74 Å². The van der Waals surface area contributed by atoms with Crippen LogP contribution in [0, 0.1) is 0 Å². The van der Waals surface area contributed by atoms with E-state index in [0.29, 0.717) is 0 Å². The van der Waals surface area contributed by atoms with Gasteiger partial charge in [0.1, 0.15) is 5.75 Å². The number of ether oxygens (including phenoxy) is 1. The first-order valence-electron chi connectivity index (χ1n) is 5.61. The summed E-state index contributed by atoms with van der Waals surface area (Å²) in [7, 11) is 1.65. The second-order valence-electron chi connectivity index (χ2n) is 3.95. The highest BCUT2D eigenvalue weighted by atomic mass is 79.9. The molecular weight excluding hydrogens is 393 g/mol. The summed E-state index contributed by atoms with van der Waals surface area (Å²) < 4.78 is 7.18. The van der Waals surface area contributed by atoms with Crippen LogP contribution in [0.2, 0.25) is 5.02 Å². The molecule has 2 nitrogen and oxygen atoms in total. The second kappa shape index (κ2) is 6.64. The predicted octanol–water partition coefficient (Wildman–Crippen LogP) is 5.49. The van der Waals surface area contributed by atoms with Crippen molar-refractivity contribution in [2.75, 3.05) is 12.4 Å². The Bertz CT molecular complexity index is 572. The number of methoxy groups -OCH3 is 1. The Labute approximate surface area is 134 Å². The molecule has 0 aromatic heterocycles. The Kier molecular flexibility index (Phi) is 5.13. The van der Waals surface area contributed by atoms with Gasteiger partial charge >= 0.3 is 0 Å². The Morgan fingerprint density at radius 3 is 2.42 bits per heavy atom.